The fourth-order valence-electron chi connectivity index (χ4n) is 1.72. The highest BCUT2D eigenvalue weighted by Crippen LogP contribution is 2.30. The summed E-state index contributed by atoms with van der Waals surface area (Å²) in [6, 6.07) is 4.24. The first-order valence-electron chi connectivity index (χ1n) is 5.69. The van der Waals surface area contributed by atoms with Crippen molar-refractivity contribution in [3.05, 3.63) is 33.6 Å². The summed E-state index contributed by atoms with van der Waals surface area (Å²) < 4.78 is 0. The molecule has 2 N–H and O–H groups in total. The van der Waals surface area contributed by atoms with E-state index in [1.165, 1.54) is 16.2 Å². The van der Waals surface area contributed by atoms with E-state index in [0.29, 0.717) is 5.00 Å². The van der Waals surface area contributed by atoms with Gasteiger partial charge in [0.25, 0.3) is 0 Å². The Kier molecular flexibility index (Phi) is 4.33. The Morgan fingerprint density at radius 3 is 3.00 bits per heavy atom. The summed E-state index contributed by atoms with van der Waals surface area (Å²) in [7, 11) is 0. The minimum absolute atomic E-state index is 0.109. The Balaban J connectivity index is 2.18. The van der Waals surface area contributed by atoms with Gasteiger partial charge in [-0.3, -0.25) is 0 Å². The lowest BCUT2D eigenvalue weighted by Gasteiger charge is -2.16. The molecule has 0 fully saturated rings. The largest absolute Gasteiger partial charge is 0.476 e. The molecular weight excluding hydrogens is 268 g/mol. The van der Waals surface area contributed by atoms with E-state index in [-0.39, 0.29) is 11.7 Å². The molecule has 0 spiro atoms. The summed E-state index contributed by atoms with van der Waals surface area (Å²) in [6.45, 7) is 2.12. The summed E-state index contributed by atoms with van der Waals surface area (Å²) in [5, 5.41) is 15.0. The Labute approximate surface area is 113 Å². The third-order valence-electron chi connectivity index (χ3n) is 2.54. The molecule has 1 atom stereocenters. The summed E-state index contributed by atoms with van der Waals surface area (Å²) in [5.41, 5.74) is 1.67. The molecule has 6 heteroatoms. The summed E-state index contributed by atoms with van der Waals surface area (Å²) in [4.78, 5) is 16.1. The SMILES string of the molecule is CCCC(Nc1scnc1C(=O)O)c1cccs1. The van der Waals surface area contributed by atoms with E-state index < -0.39 is 5.97 Å². The van der Waals surface area contributed by atoms with Crippen LogP contribution in [0.1, 0.15) is 41.2 Å². The zero-order valence-electron chi connectivity index (χ0n) is 9.92. The molecule has 1 unspecified atom stereocenters. The van der Waals surface area contributed by atoms with Crippen LogP contribution in [0.2, 0.25) is 0 Å². The predicted octanol–water partition coefficient (Wildman–Crippen LogP) is 3.86. The second kappa shape index (κ2) is 5.97. The molecule has 0 bridgehead atoms. The molecule has 0 amide bonds. The van der Waals surface area contributed by atoms with Crippen LogP contribution in [-0.2, 0) is 0 Å². The number of rotatable bonds is 6. The second-order valence-electron chi connectivity index (χ2n) is 3.84. The molecule has 18 heavy (non-hydrogen) atoms. The van der Waals surface area contributed by atoms with E-state index in [9.17, 15) is 4.79 Å². The number of carbonyl (C=O) groups is 1. The molecule has 0 aliphatic rings. The van der Waals surface area contributed by atoms with Crippen LogP contribution in [0.3, 0.4) is 0 Å². The van der Waals surface area contributed by atoms with Gasteiger partial charge in [-0.2, -0.15) is 0 Å². The van der Waals surface area contributed by atoms with Crippen molar-refractivity contribution in [1.29, 1.82) is 0 Å². The van der Waals surface area contributed by atoms with E-state index in [1.807, 2.05) is 11.4 Å². The number of thiophene rings is 1. The van der Waals surface area contributed by atoms with E-state index in [4.69, 9.17) is 5.11 Å². The first-order chi connectivity index (χ1) is 8.72. The van der Waals surface area contributed by atoms with Crippen molar-refractivity contribution in [3.8, 4) is 0 Å². The third kappa shape index (κ3) is 2.88. The normalized spacial score (nSPS) is 12.3. The van der Waals surface area contributed by atoms with Crippen LogP contribution in [0.25, 0.3) is 0 Å². The molecule has 2 aromatic heterocycles. The molecule has 0 aliphatic carbocycles. The minimum Gasteiger partial charge on any atom is -0.476 e. The zero-order chi connectivity index (χ0) is 13.0. The highest BCUT2D eigenvalue weighted by molar-refractivity contribution is 7.14. The highest BCUT2D eigenvalue weighted by Gasteiger charge is 2.18. The summed E-state index contributed by atoms with van der Waals surface area (Å²) in [5.74, 6) is -0.986. The van der Waals surface area contributed by atoms with Crippen molar-refractivity contribution >= 4 is 33.6 Å². The second-order valence-corrected chi connectivity index (χ2v) is 5.67. The van der Waals surface area contributed by atoms with Gasteiger partial charge in [0, 0.05) is 4.88 Å². The number of hydrogen-bond donors (Lipinski definition) is 2. The van der Waals surface area contributed by atoms with Gasteiger partial charge in [-0.1, -0.05) is 19.4 Å². The fraction of sp³-hybridized carbons (Fsp3) is 0.333. The number of nitrogens with zero attached hydrogens (tertiary/aromatic N) is 1. The molecule has 2 heterocycles. The van der Waals surface area contributed by atoms with Crippen LogP contribution in [0.4, 0.5) is 5.00 Å². The number of hydrogen-bond acceptors (Lipinski definition) is 5. The van der Waals surface area contributed by atoms with Gasteiger partial charge in [0.2, 0.25) is 0 Å². The Hall–Kier alpha value is -1.40. The van der Waals surface area contributed by atoms with E-state index in [2.05, 4.69) is 23.3 Å². The van der Waals surface area contributed by atoms with Crippen LogP contribution in [0.5, 0.6) is 0 Å². The van der Waals surface area contributed by atoms with Gasteiger partial charge in [-0.05, 0) is 17.9 Å². The van der Waals surface area contributed by atoms with Gasteiger partial charge in [0.05, 0.1) is 11.6 Å². The first kappa shape index (κ1) is 13.0. The smallest absolute Gasteiger partial charge is 0.357 e. The first-order valence-corrected chi connectivity index (χ1v) is 7.45. The molecular formula is C12H14N2O2S2. The molecule has 2 rings (SSSR count). The summed E-state index contributed by atoms with van der Waals surface area (Å²) in [6.07, 6.45) is 2.01. The van der Waals surface area contributed by atoms with Gasteiger partial charge >= 0.3 is 5.97 Å². The van der Waals surface area contributed by atoms with E-state index in [1.54, 1.807) is 16.8 Å². The molecule has 0 aliphatic heterocycles. The lowest BCUT2D eigenvalue weighted by Crippen LogP contribution is -2.11. The zero-order valence-corrected chi connectivity index (χ0v) is 11.6. The van der Waals surface area contributed by atoms with Crippen LogP contribution < -0.4 is 5.32 Å². The van der Waals surface area contributed by atoms with Gasteiger partial charge in [-0.25, -0.2) is 9.78 Å². The number of thiazole rings is 1. The number of aromatic nitrogens is 1. The molecule has 0 radical (unpaired) electrons. The third-order valence-corrected chi connectivity index (χ3v) is 4.28. The average molecular weight is 282 g/mol. The van der Waals surface area contributed by atoms with Crippen molar-refractivity contribution in [1.82, 2.24) is 4.98 Å². The van der Waals surface area contributed by atoms with Crippen LogP contribution >= 0.6 is 22.7 Å². The number of carboxylic acid groups (broad SMARTS) is 1. The Morgan fingerprint density at radius 2 is 2.39 bits per heavy atom. The Bertz CT molecular complexity index is 508. The molecule has 0 aromatic carbocycles. The molecule has 2 aromatic rings. The van der Waals surface area contributed by atoms with Crippen molar-refractivity contribution in [2.75, 3.05) is 5.32 Å². The minimum atomic E-state index is -0.986. The van der Waals surface area contributed by atoms with Crippen molar-refractivity contribution in [3.63, 3.8) is 0 Å². The molecule has 0 saturated heterocycles. The lowest BCUT2D eigenvalue weighted by molar-refractivity contribution is 0.0692. The van der Waals surface area contributed by atoms with Gasteiger partial charge < -0.3 is 10.4 Å². The van der Waals surface area contributed by atoms with Gasteiger partial charge in [0.15, 0.2) is 5.69 Å². The molecule has 96 valence electrons. The number of nitrogens with one attached hydrogen (secondary N) is 1. The van der Waals surface area contributed by atoms with E-state index >= 15 is 0 Å². The lowest BCUT2D eigenvalue weighted by atomic mass is 10.1. The molecule has 4 nitrogen and oxygen atoms in total. The maximum absolute atomic E-state index is 11.0. The Morgan fingerprint density at radius 1 is 1.56 bits per heavy atom. The van der Waals surface area contributed by atoms with Crippen molar-refractivity contribution in [2.45, 2.75) is 25.8 Å². The standard InChI is InChI=1S/C12H14N2O2S2/c1-2-4-8(9-5-3-6-17-9)14-11-10(12(15)16)13-7-18-11/h3,5-8,14H,2,4H2,1H3,(H,15,16). The average Bonchev–Trinajstić information content (AvgIpc) is 2.99. The van der Waals surface area contributed by atoms with Crippen LogP contribution in [0.15, 0.2) is 23.0 Å². The quantitative estimate of drug-likeness (QED) is 0.844. The van der Waals surface area contributed by atoms with Gasteiger partial charge in [-0.15, -0.1) is 22.7 Å². The number of anilines is 1. The fourth-order valence-corrected chi connectivity index (χ4v) is 3.26. The van der Waals surface area contributed by atoms with Crippen molar-refractivity contribution < 1.29 is 9.90 Å². The predicted molar refractivity (Wildman–Crippen MR) is 74.7 cm³/mol. The monoisotopic (exact) mass is 282 g/mol. The van der Waals surface area contributed by atoms with Crippen LogP contribution in [0, 0.1) is 0 Å². The summed E-state index contributed by atoms with van der Waals surface area (Å²) >= 11 is 3.01. The van der Waals surface area contributed by atoms with E-state index in [0.717, 1.165) is 12.8 Å². The number of aromatic carboxylic acids is 1. The maximum Gasteiger partial charge on any atom is 0.357 e. The van der Waals surface area contributed by atoms with Crippen LogP contribution in [-0.4, -0.2) is 16.1 Å². The molecule has 0 saturated carbocycles. The maximum atomic E-state index is 11.0. The van der Waals surface area contributed by atoms with Gasteiger partial charge in [0.1, 0.15) is 5.00 Å². The highest BCUT2D eigenvalue weighted by atomic mass is 32.1. The number of carboxylic acids is 1. The topological polar surface area (TPSA) is 62.2 Å². The van der Waals surface area contributed by atoms with Crippen molar-refractivity contribution in [2.24, 2.45) is 0 Å².